The van der Waals surface area contributed by atoms with Crippen molar-refractivity contribution in [3.05, 3.63) is 35.4 Å². The van der Waals surface area contributed by atoms with Crippen LogP contribution >= 0.6 is 12.2 Å². The molecule has 6 heteroatoms. The van der Waals surface area contributed by atoms with Crippen molar-refractivity contribution in [1.82, 2.24) is 5.32 Å². The molecule has 1 rings (SSSR count). The topological polar surface area (TPSA) is 73.6 Å². The van der Waals surface area contributed by atoms with Gasteiger partial charge in [-0.05, 0) is 25.0 Å². The first-order valence-electron chi connectivity index (χ1n) is 6.90. The third-order valence-electron chi connectivity index (χ3n) is 2.86. The van der Waals surface area contributed by atoms with E-state index in [0.29, 0.717) is 36.9 Å². The van der Waals surface area contributed by atoms with Gasteiger partial charge in [-0.3, -0.25) is 4.79 Å². The van der Waals surface area contributed by atoms with Crippen LogP contribution in [0, 0.1) is 0 Å². The summed E-state index contributed by atoms with van der Waals surface area (Å²) in [6.07, 6.45) is 1.79. The van der Waals surface area contributed by atoms with Gasteiger partial charge in [0.15, 0.2) is 0 Å². The number of hydrogen-bond donors (Lipinski definition) is 2. The molecule has 1 amide bonds. The van der Waals surface area contributed by atoms with E-state index in [4.69, 9.17) is 27.4 Å². The molecular weight excluding hydrogens is 288 g/mol. The Hall–Kier alpha value is -1.50. The van der Waals surface area contributed by atoms with Gasteiger partial charge >= 0.3 is 0 Å². The van der Waals surface area contributed by atoms with Crippen molar-refractivity contribution in [1.29, 1.82) is 0 Å². The van der Waals surface area contributed by atoms with Crippen molar-refractivity contribution in [3.63, 3.8) is 0 Å². The molecule has 0 atom stereocenters. The summed E-state index contributed by atoms with van der Waals surface area (Å²) < 4.78 is 10.2. The maximum atomic E-state index is 11.9. The highest BCUT2D eigenvalue weighted by molar-refractivity contribution is 7.80. The molecule has 0 radical (unpaired) electrons. The van der Waals surface area contributed by atoms with Crippen molar-refractivity contribution in [2.45, 2.75) is 12.8 Å². The minimum atomic E-state index is -0.0928. The highest BCUT2D eigenvalue weighted by Crippen LogP contribution is 2.04. The Morgan fingerprint density at radius 3 is 2.43 bits per heavy atom. The molecule has 116 valence electrons. The molecule has 1 aromatic carbocycles. The van der Waals surface area contributed by atoms with Crippen molar-refractivity contribution in [2.75, 3.05) is 33.5 Å². The van der Waals surface area contributed by atoms with Crippen LogP contribution in [0.2, 0.25) is 0 Å². The van der Waals surface area contributed by atoms with Gasteiger partial charge in [0.05, 0.1) is 13.2 Å². The second-order valence-electron chi connectivity index (χ2n) is 4.51. The quantitative estimate of drug-likeness (QED) is 0.506. The van der Waals surface area contributed by atoms with Crippen LogP contribution in [0.5, 0.6) is 0 Å². The molecule has 0 bridgehead atoms. The number of hydrogen-bond acceptors (Lipinski definition) is 4. The minimum Gasteiger partial charge on any atom is -0.389 e. The fourth-order valence-corrected chi connectivity index (χ4v) is 1.80. The van der Waals surface area contributed by atoms with E-state index in [1.54, 1.807) is 31.4 Å². The van der Waals surface area contributed by atoms with E-state index in [1.165, 1.54) is 0 Å². The first-order valence-corrected chi connectivity index (χ1v) is 7.30. The number of nitrogens with two attached hydrogens (primary N) is 1. The van der Waals surface area contributed by atoms with Gasteiger partial charge in [-0.15, -0.1) is 0 Å². The largest absolute Gasteiger partial charge is 0.389 e. The van der Waals surface area contributed by atoms with E-state index in [0.717, 1.165) is 18.4 Å². The summed E-state index contributed by atoms with van der Waals surface area (Å²) in [5.74, 6) is -0.0928. The van der Waals surface area contributed by atoms with E-state index in [1.807, 2.05) is 0 Å². The van der Waals surface area contributed by atoms with Gasteiger partial charge in [0.2, 0.25) is 0 Å². The fraction of sp³-hybridized carbons (Fsp3) is 0.467. The van der Waals surface area contributed by atoms with Crippen LogP contribution in [-0.2, 0) is 9.47 Å². The van der Waals surface area contributed by atoms with E-state index in [9.17, 15) is 4.79 Å². The number of carbonyl (C=O) groups is 1. The van der Waals surface area contributed by atoms with Gasteiger partial charge in [0.1, 0.15) is 4.99 Å². The average molecular weight is 310 g/mol. The zero-order valence-corrected chi connectivity index (χ0v) is 13.1. The fourth-order valence-electron chi connectivity index (χ4n) is 1.66. The summed E-state index contributed by atoms with van der Waals surface area (Å²) in [4.78, 5) is 12.2. The molecule has 1 aromatic rings. The zero-order chi connectivity index (χ0) is 15.5. The molecule has 0 saturated carbocycles. The van der Waals surface area contributed by atoms with Gasteiger partial charge < -0.3 is 20.5 Å². The average Bonchev–Trinajstić information content (AvgIpc) is 2.49. The van der Waals surface area contributed by atoms with Crippen molar-refractivity contribution >= 4 is 23.1 Å². The summed E-state index contributed by atoms with van der Waals surface area (Å²) in [7, 11) is 1.65. The Morgan fingerprint density at radius 1 is 1.14 bits per heavy atom. The number of methoxy groups -OCH3 is 1. The number of benzene rings is 1. The minimum absolute atomic E-state index is 0.0928. The molecule has 0 fully saturated rings. The Kier molecular flexibility index (Phi) is 8.57. The standard InChI is InChI=1S/C15H22N2O3S/c1-19-10-11-20-9-3-2-8-17-15(18)13-6-4-12(5-7-13)14(16)21/h4-7H,2-3,8-11H2,1H3,(H2,16,21)(H,17,18). The summed E-state index contributed by atoms with van der Waals surface area (Å²) in [6.45, 7) is 2.53. The number of nitrogens with one attached hydrogen (secondary N) is 1. The predicted molar refractivity (Wildman–Crippen MR) is 86.6 cm³/mol. The third kappa shape index (κ3) is 7.17. The van der Waals surface area contributed by atoms with Crippen LogP contribution in [0.1, 0.15) is 28.8 Å². The maximum Gasteiger partial charge on any atom is 0.251 e. The van der Waals surface area contributed by atoms with E-state index in [2.05, 4.69) is 5.32 Å². The van der Waals surface area contributed by atoms with Crippen LogP contribution in [0.3, 0.4) is 0 Å². The molecule has 0 aromatic heterocycles. The molecule has 5 nitrogen and oxygen atoms in total. The number of unbranched alkanes of at least 4 members (excludes halogenated alkanes) is 1. The number of amides is 1. The summed E-state index contributed by atoms with van der Waals surface area (Å²) in [6, 6.07) is 6.94. The number of ether oxygens (including phenoxy) is 2. The summed E-state index contributed by atoms with van der Waals surface area (Å²) in [5.41, 5.74) is 6.87. The lowest BCUT2D eigenvalue weighted by atomic mass is 10.1. The molecular formula is C15H22N2O3S. The van der Waals surface area contributed by atoms with Crippen molar-refractivity contribution < 1.29 is 14.3 Å². The van der Waals surface area contributed by atoms with Crippen LogP contribution < -0.4 is 11.1 Å². The number of thiocarbonyl (C=S) groups is 1. The SMILES string of the molecule is COCCOCCCCNC(=O)c1ccc(C(N)=S)cc1. The van der Waals surface area contributed by atoms with Crippen LogP contribution in [0.15, 0.2) is 24.3 Å². The summed E-state index contributed by atoms with van der Waals surface area (Å²) >= 11 is 4.87. The highest BCUT2D eigenvalue weighted by atomic mass is 32.1. The second-order valence-corrected chi connectivity index (χ2v) is 4.95. The normalized spacial score (nSPS) is 10.3. The first kappa shape index (κ1) is 17.6. The number of carbonyl (C=O) groups excluding carboxylic acids is 1. The Morgan fingerprint density at radius 2 is 1.81 bits per heavy atom. The van der Waals surface area contributed by atoms with E-state index in [-0.39, 0.29) is 5.91 Å². The van der Waals surface area contributed by atoms with Crippen LogP contribution in [0.25, 0.3) is 0 Å². The highest BCUT2D eigenvalue weighted by Gasteiger charge is 2.05. The smallest absolute Gasteiger partial charge is 0.251 e. The first-order chi connectivity index (χ1) is 10.1. The molecule has 0 aliphatic rings. The molecule has 0 spiro atoms. The lowest BCUT2D eigenvalue weighted by molar-refractivity contribution is 0.0686. The lowest BCUT2D eigenvalue weighted by Gasteiger charge is -2.06. The maximum absolute atomic E-state index is 11.9. The van der Waals surface area contributed by atoms with E-state index < -0.39 is 0 Å². The molecule has 0 unspecified atom stereocenters. The van der Waals surface area contributed by atoms with Gasteiger partial charge in [0.25, 0.3) is 5.91 Å². The van der Waals surface area contributed by atoms with Crippen LogP contribution in [-0.4, -0.2) is 44.4 Å². The number of rotatable bonds is 10. The predicted octanol–water partition coefficient (Wildman–Crippen LogP) is 1.49. The Bertz CT molecular complexity index is 449. The molecule has 0 aliphatic carbocycles. The zero-order valence-electron chi connectivity index (χ0n) is 12.3. The third-order valence-corrected chi connectivity index (χ3v) is 3.10. The van der Waals surface area contributed by atoms with Crippen molar-refractivity contribution in [2.24, 2.45) is 5.73 Å². The lowest BCUT2D eigenvalue weighted by Crippen LogP contribution is -2.24. The van der Waals surface area contributed by atoms with Gasteiger partial charge in [0, 0.05) is 31.4 Å². The molecule has 21 heavy (non-hydrogen) atoms. The summed E-state index contributed by atoms with van der Waals surface area (Å²) in [5, 5.41) is 2.87. The van der Waals surface area contributed by atoms with Crippen LogP contribution in [0.4, 0.5) is 0 Å². The Labute approximate surface area is 130 Å². The monoisotopic (exact) mass is 310 g/mol. The molecule has 0 heterocycles. The van der Waals surface area contributed by atoms with E-state index >= 15 is 0 Å². The molecule has 0 aliphatic heterocycles. The van der Waals surface area contributed by atoms with Gasteiger partial charge in [-0.1, -0.05) is 24.4 Å². The van der Waals surface area contributed by atoms with Gasteiger partial charge in [-0.25, -0.2) is 0 Å². The molecule has 3 N–H and O–H groups in total. The second kappa shape index (κ2) is 10.3. The van der Waals surface area contributed by atoms with Gasteiger partial charge in [-0.2, -0.15) is 0 Å². The molecule has 0 saturated heterocycles. The Balaban J connectivity index is 2.17. The van der Waals surface area contributed by atoms with Crippen molar-refractivity contribution in [3.8, 4) is 0 Å².